The fourth-order valence-corrected chi connectivity index (χ4v) is 2.24. The van der Waals surface area contributed by atoms with Crippen LogP contribution < -0.4 is 16.4 Å². The lowest BCUT2D eigenvalue weighted by Gasteiger charge is -2.22. The van der Waals surface area contributed by atoms with Gasteiger partial charge in [0.15, 0.2) is 0 Å². The van der Waals surface area contributed by atoms with Crippen LogP contribution in [0.4, 0.5) is 0 Å². The van der Waals surface area contributed by atoms with Gasteiger partial charge in [0, 0.05) is 31.5 Å². The monoisotopic (exact) mass is 241 g/mol. The fourth-order valence-electron chi connectivity index (χ4n) is 2.24. The molecule has 1 aliphatic rings. The summed E-state index contributed by atoms with van der Waals surface area (Å²) < 4.78 is 0. The van der Waals surface area contributed by atoms with Gasteiger partial charge in [0.1, 0.15) is 0 Å². The number of nitrogens with two attached hydrogens (primary N) is 1. The molecule has 4 N–H and O–H groups in total. The van der Waals surface area contributed by atoms with Crippen molar-refractivity contribution in [2.24, 2.45) is 5.73 Å². The molecule has 5 heteroatoms. The lowest BCUT2D eigenvalue weighted by atomic mass is 9.94. The molecule has 1 aliphatic carbocycles. The van der Waals surface area contributed by atoms with E-state index in [4.69, 9.17) is 5.73 Å². The lowest BCUT2D eigenvalue weighted by molar-refractivity contribution is -0.123. The van der Waals surface area contributed by atoms with Crippen molar-refractivity contribution in [3.05, 3.63) is 0 Å². The number of rotatable bonds is 6. The van der Waals surface area contributed by atoms with E-state index in [0.717, 1.165) is 25.7 Å². The van der Waals surface area contributed by atoms with Crippen molar-refractivity contribution >= 4 is 11.8 Å². The molecule has 1 saturated carbocycles. The summed E-state index contributed by atoms with van der Waals surface area (Å²) in [7, 11) is 0. The van der Waals surface area contributed by atoms with Crippen LogP contribution in [0.3, 0.4) is 0 Å². The van der Waals surface area contributed by atoms with Gasteiger partial charge in [0.05, 0.1) is 0 Å². The molecule has 0 heterocycles. The van der Waals surface area contributed by atoms with E-state index < -0.39 is 0 Å². The quantitative estimate of drug-likeness (QED) is 0.625. The smallest absolute Gasteiger partial charge is 0.221 e. The minimum Gasteiger partial charge on any atom is -0.356 e. The van der Waals surface area contributed by atoms with Crippen molar-refractivity contribution in [1.29, 1.82) is 0 Å². The largest absolute Gasteiger partial charge is 0.356 e. The van der Waals surface area contributed by atoms with Gasteiger partial charge in [-0.3, -0.25) is 9.59 Å². The summed E-state index contributed by atoms with van der Waals surface area (Å²) in [5, 5.41) is 5.43. The first-order valence-corrected chi connectivity index (χ1v) is 6.38. The van der Waals surface area contributed by atoms with Gasteiger partial charge in [-0.25, -0.2) is 0 Å². The molecule has 2 amide bonds. The Labute approximate surface area is 103 Å². The molecule has 98 valence electrons. The molecule has 0 bridgehead atoms. The van der Waals surface area contributed by atoms with Crippen molar-refractivity contribution in [3.8, 4) is 0 Å². The predicted octanol–water partition coefficient (Wildman–Crippen LogP) is 0.290. The molecule has 17 heavy (non-hydrogen) atoms. The summed E-state index contributed by atoms with van der Waals surface area (Å²) in [6.07, 6.45) is 4.79. The summed E-state index contributed by atoms with van der Waals surface area (Å²) in [5.74, 6) is -0.0742. The van der Waals surface area contributed by atoms with Crippen LogP contribution in [-0.2, 0) is 9.59 Å². The maximum Gasteiger partial charge on any atom is 0.221 e. The molecular weight excluding hydrogens is 218 g/mol. The Hall–Kier alpha value is -1.10. The highest BCUT2D eigenvalue weighted by Crippen LogP contribution is 2.29. The van der Waals surface area contributed by atoms with Crippen LogP contribution in [0.25, 0.3) is 0 Å². The van der Waals surface area contributed by atoms with E-state index in [1.54, 1.807) is 0 Å². The Morgan fingerprint density at radius 1 is 1.18 bits per heavy atom. The Morgan fingerprint density at radius 3 is 2.41 bits per heavy atom. The summed E-state index contributed by atoms with van der Waals surface area (Å²) >= 11 is 0. The van der Waals surface area contributed by atoms with Crippen LogP contribution in [0.2, 0.25) is 0 Å². The van der Waals surface area contributed by atoms with E-state index >= 15 is 0 Å². The number of nitrogens with one attached hydrogen (secondary N) is 2. The average Bonchev–Trinajstić information content (AvgIpc) is 2.65. The first-order valence-electron chi connectivity index (χ1n) is 6.38. The standard InChI is InChI=1S/C12H23N3O2/c1-2-14-10(16)5-8-15-11(17)9-12(13)6-3-4-7-12/h2-9,13H2,1H3,(H,14,16)(H,15,17). The lowest BCUT2D eigenvalue weighted by Crippen LogP contribution is -2.42. The molecule has 1 rings (SSSR count). The summed E-state index contributed by atoms with van der Waals surface area (Å²) in [4.78, 5) is 22.8. The van der Waals surface area contributed by atoms with E-state index in [1.165, 1.54) is 0 Å². The molecule has 0 aromatic carbocycles. The molecule has 1 fully saturated rings. The molecule has 0 saturated heterocycles. The van der Waals surface area contributed by atoms with Gasteiger partial charge in [0.2, 0.25) is 11.8 Å². The Balaban J connectivity index is 2.15. The molecule has 0 aromatic rings. The third kappa shape index (κ3) is 5.17. The second kappa shape index (κ2) is 6.59. The third-order valence-electron chi connectivity index (χ3n) is 3.16. The zero-order valence-electron chi connectivity index (χ0n) is 10.6. The highest BCUT2D eigenvalue weighted by Gasteiger charge is 2.31. The predicted molar refractivity (Wildman–Crippen MR) is 66.3 cm³/mol. The molecule has 0 aliphatic heterocycles. The Morgan fingerprint density at radius 2 is 1.82 bits per heavy atom. The van der Waals surface area contributed by atoms with Crippen molar-refractivity contribution < 1.29 is 9.59 Å². The van der Waals surface area contributed by atoms with E-state index in [1.807, 2.05) is 6.92 Å². The molecular formula is C12H23N3O2. The number of hydrogen-bond donors (Lipinski definition) is 3. The highest BCUT2D eigenvalue weighted by atomic mass is 16.2. The second-order valence-electron chi connectivity index (χ2n) is 4.80. The van der Waals surface area contributed by atoms with Crippen LogP contribution in [0.15, 0.2) is 0 Å². The van der Waals surface area contributed by atoms with E-state index in [-0.39, 0.29) is 17.4 Å². The van der Waals surface area contributed by atoms with Gasteiger partial charge in [0.25, 0.3) is 0 Å². The van der Waals surface area contributed by atoms with Gasteiger partial charge in [-0.1, -0.05) is 12.8 Å². The number of hydrogen-bond acceptors (Lipinski definition) is 3. The van der Waals surface area contributed by atoms with Gasteiger partial charge in [-0.05, 0) is 19.8 Å². The van der Waals surface area contributed by atoms with Gasteiger partial charge < -0.3 is 16.4 Å². The summed E-state index contributed by atoms with van der Waals surface area (Å²) in [6, 6.07) is 0. The minimum absolute atomic E-state index is 0.0314. The van der Waals surface area contributed by atoms with Crippen molar-refractivity contribution in [2.45, 2.75) is 51.0 Å². The maximum absolute atomic E-state index is 11.6. The molecule has 0 aromatic heterocycles. The van der Waals surface area contributed by atoms with Crippen molar-refractivity contribution in [3.63, 3.8) is 0 Å². The van der Waals surface area contributed by atoms with Crippen molar-refractivity contribution in [1.82, 2.24) is 10.6 Å². The molecule has 0 spiro atoms. The van der Waals surface area contributed by atoms with Crippen molar-refractivity contribution in [2.75, 3.05) is 13.1 Å². The fraction of sp³-hybridized carbons (Fsp3) is 0.833. The van der Waals surface area contributed by atoms with E-state index in [0.29, 0.717) is 25.9 Å². The second-order valence-corrected chi connectivity index (χ2v) is 4.80. The molecule has 0 radical (unpaired) electrons. The number of amides is 2. The summed E-state index contributed by atoms with van der Waals surface area (Å²) in [6.45, 7) is 2.88. The summed E-state index contributed by atoms with van der Waals surface area (Å²) in [5.41, 5.74) is 5.79. The zero-order valence-corrected chi connectivity index (χ0v) is 10.6. The van der Waals surface area contributed by atoms with Gasteiger partial charge in [-0.2, -0.15) is 0 Å². The number of carbonyl (C=O) groups is 2. The zero-order chi connectivity index (χ0) is 12.7. The Kier molecular flexibility index (Phi) is 5.41. The SMILES string of the molecule is CCNC(=O)CCNC(=O)CC1(N)CCCC1. The van der Waals surface area contributed by atoms with Crippen LogP contribution in [-0.4, -0.2) is 30.4 Å². The normalized spacial score (nSPS) is 17.8. The first kappa shape index (κ1) is 14.0. The van der Waals surface area contributed by atoms with Crippen LogP contribution in [0.5, 0.6) is 0 Å². The van der Waals surface area contributed by atoms with Crippen LogP contribution >= 0.6 is 0 Å². The van der Waals surface area contributed by atoms with Gasteiger partial charge >= 0.3 is 0 Å². The number of carbonyl (C=O) groups excluding carboxylic acids is 2. The third-order valence-corrected chi connectivity index (χ3v) is 3.16. The minimum atomic E-state index is -0.310. The average molecular weight is 241 g/mol. The Bertz CT molecular complexity index is 273. The van der Waals surface area contributed by atoms with E-state index in [9.17, 15) is 9.59 Å². The molecule has 0 unspecified atom stereocenters. The van der Waals surface area contributed by atoms with Gasteiger partial charge in [-0.15, -0.1) is 0 Å². The maximum atomic E-state index is 11.6. The topological polar surface area (TPSA) is 84.2 Å². The highest BCUT2D eigenvalue weighted by molar-refractivity contribution is 5.79. The molecule has 0 atom stereocenters. The van der Waals surface area contributed by atoms with Crippen LogP contribution in [0.1, 0.15) is 45.4 Å². The van der Waals surface area contributed by atoms with E-state index in [2.05, 4.69) is 10.6 Å². The molecule has 5 nitrogen and oxygen atoms in total. The first-order chi connectivity index (χ1) is 8.06. The van der Waals surface area contributed by atoms with Crippen LogP contribution in [0, 0.1) is 0 Å².